The van der Waals surface area contributed by atoms with Crippen LogP contribution in [-0.4, -0.2) is 20.1 Å². The summed E-state index contributed by atoms with van der Waals surface area (Å²) in [5.41, 5.74) is 0. The van der Waals surface area contributed by atoms with Gasteiger partial charge in [0.1, 0.15) is 0 Å². The Morgan fingerprint density at radius 2 is 1.86 bits per heavy atom. The van der Waals surface area contributed by atoms with Gasteiger partial charge in [-0.05, 0) is 5.04 Å². The van der Waals surface area contributed by atoms with Crippen LogP contribution in [-0.2, 0) is 0 Å². The van der Waals surface area contributed by atoms with Crippen LogP contribution in [0.5, 0.6) is 0 Å². The second-order valence-corrected chi connectivity index (χ2v) is 8.39. The molecule has 0 radical (unpaired) electrons. The molecule has 0 spiro atoms. The molecular formula is C4H15NSi2. The van der Waals surface area contributed by atoms with Crippen LogP contribution >= 0.6 is 0 Å². The maximum Gasteiger partial charge on any atom is 0.0897 e. The summed E-state index contributed by atoms with van der Waals surface area (Å²) in [4.78, 5) is 0. The van der Waals surface area contributed by atoms with Crippen molar-refractivity contribution >= 4 is 20.1 Å². The summed E-state index contributed by atoms with van der Waals surface area (Å²) in [7, 11) is 1.25. The van der Waals surface area contributed by atoms with Crippen LogP contribution in [0.1, 0.15) is 20.8 Å². The Bertz CT molecular complexity index is 48.1. The van der Waals surface area contributed by atoms with Crippen molar-refractivity contribution in [3.05, 3.63) is 0 Å². The van der Waals surface area contributed by atoms with Crippen molar-refractivity contribution in [1.82, 2.24) is 4.65 Å². The molecule has 3 heteroatoms. The number of nitrogens with one attached hydrogen (secondary N) is 1. The van der Waals surface area contributed by atoms with Gasteiger partial charge in [-0.3, -0.25) is 0 Å². The van der Waals surface area contributed by atoms with Gasteiger partial charge < -0.3 is 4.65 Å². The molecule has 0 aromatic rings. The molecule has 0 bridgehead atoms. The van der Waals surface area contributed by atoms with E-state index in [9.17, 15) is 0 Å². The van der Waals surface area contributed by atoms with Crippen LogP contribution in [0.3, 0.4) is 0 Å². The summed E-state index contributed by atoms with van der Waals surface area (Å²) in [6, 6.07) is 0. The summed E-state index contributed by atoms with van der Waals surface area (Å²) in [6.07, 6.45) is 0. The Hall–Kier alpha value is 0.394. The zero-order chi connectivity index (χ0) is 5.91. The average molecular weight is 133 g/mol. The van der Waals surface area contributed by atoms with Crippen molar-refractivity contribution in [1.29, 1.82) is 0 Å². The largest absolute Gasteiger partial charge is 0.371 e. The van der Waals surface area contributed by atoms with E-state index < -0.39 is 0 Å². The van der Waals surface area contributed by atoms with Gasteiger partial charge in [0, 0.05) is 0 Å². The molecule has 0 aliphatic heterocycles. The van der Waals surface area contributed by atoms with E-state index in [4.69, 9.17) is 0 Å². The highest BCUT2D eigenvalue weighted by atomic mass is 28.3. The van der Waals surface area contributed by atoms with E-state index in [2.05, 4.69) is 25.4 Å². The van der Waals surface area contributed by atoms with Crippen LogP contribution in [0.4, 0.5) is 0 Å². The van der Waals surface area contributed by atoms with Crippen LogP contribution in [0, 0.1) is 0 Å². The van der Waals surface area contributed by atoms with Crippen molar-refractivity contribution in [3.8, 4) is 0 Å². The molecule has 0 unspecified atom stereocenters. The predicted octanol–water partition coefficient (Wildman–Crippen LogP) is -0.841. The Morgan fingerprint density at radius 3 is 1.86 bits per heavy atom. The molecular weight excluding hydrogens is 118 g/mol. The highest BCUT2D eigenvalue weighted by molar-refractivity contribution is 6.44. The zero-order valence-corrected chi connectivity index (χ0v) is 9.12. The Balaban J connectivity index is 3.15. The van der Waals surface area contributed by atoms with Gasteiger partial charge in [-0.1, -0.05) is 20.8 Å². The first-order valence-corrected chi connectivity index (χ1v) is 5.12. The van der Waals surface area contributed by atoms with Crippen molar-refractivity contribution in [2.75, 3.05) is 0 Å². The zero-order valence-electron chi connectivity index (χ0n) is 5.71. The third-order valence-electron chi connectivity index (χ3n) is 0.707. The molecule has 0 saturated heterocycles. The topological polar surface area (TPSA) is 12.0 Å². The molecule has 0 aromatic carbocycles. The van der Waals surface area contributed by atoms with Crippen LogP contribution < -0.4 is 4.65 Å². The Labute approximate surface area is 51.3 Å². The lowest BCUT2D eigenvalue weighted by Crippen LogP contribution is -2.23. The van der Waals surface area contributed by atoms with Crippen LogP contribution in [0.15, 0.2) is 0 Å². The van der Waals surface area contributed by atoms with E-state index >= 15 is 0 Å². The second kappa shape index (κ2) is 2.64. The minimum atomic E-state index is 0.0718. The van der Waals surface area contributed by atoms with Gasteiger partial charge in [0.05, 0.1) is 20.1 Å². The summed E-state index contributed by atoms with van der Waals surface area (Å²) in [5, 5.41) is 0.613. The Morgan fingerprint density at radius 1 is 1.43 bits per heavy atom. The molecule has 1 nitrogen and oxygen atoms in total. The molecule has 0 fully saturated rings. The van der Waals surface area contributed by atoms with E-state index in [1.165, 1.54) is 10.4 Å². The van der Waals surface area contributed by atoms with E-state index in [-0.39, 0.29) is 9.68 Å². The summed E-state index contributed by atoms with van der Waals surface area (Å²) in [6.45, 7) is 6.89. The van der Waals surface area contributed by atoms with Gasteiger partial charge in [0.15, 0.2) is 0 Å². The highest BCUT2D eigenvalue weighted by Gasteiger charge is 2.07. The fourth-order valence-corrected chi connectivity index (χ4v) is 4.77. The van der Waals surface area contributed by atoms with Gasteiger partial charge in [-0.2, -0.15) is 0 Å². The first-order chi connectivity index (χ1) is 3.06. The molecule has 0 rings (SSSR count). The maximum absolute atomic E-state index is 3.39. The molecule has 7 heavy (non-hydrogen) atoms. The molecule has 0 aromatic heterocycles. The number of rotatable bonds is 1. The smallest absolute Gasteiger partial charge is 0.0897 e. The third-order valence-corrected chi connectivity index (χ3v) is 3.18. The first-order valence-electron chi connectivity index (χ1n) is 2.71. The number of hydrogen-bond donors (Lipinski definition) is 1. The second-order valence-electron chi connectivity index (χ2n) is 3.09. The fourth-order valence-electron chi connectivity index (χ4n) is 0.530. The fraction of sp³-hybridized carbons (Fsp3) is 1.00. The van der Waals surface area contributed by atoms with E-state index in [0.717, 1.165) is 0 Å². The van der Waals surface area contributed by atoms with Gasteiger partial charge in [-0.15, -0.1) is 0 Å². The first kappa shape index (κ1) is 7.39. The van der Waals surface area contributed by atoms with Crippen LogP contribution in [0.25, 0.3) is 0 Å². The highest BCUT2D eigenvalue weighted by Crippen LogP contribution is 2.17. The summed E-state index contributed by atoms with van der Waals surface area (Å²) >= 11 is 0. The average Bonchev–Trinajstić information content (AvgIpc) is 1.30. The van der Waals surface area contributed by atoms with Crippen molar-refractivity contribution in [2.45, 2.75) is 25.8 Å². The van der Waals surface area contributed by atoms with Crippen LogP contribution in [0.2, 0.25) is 5.04 Å². The normalized spacial score (nSPS) is 14.1. The molecule has 1 N–H and O–H groups in total. The Kier molecular flexibility index (Phi) is 2.79. The van der Waals surface area contributed by atoms with E-state index in [1.54, 1.807) is 0 Å². The lowest BCUT2D eigenvalue weighted by molar-refractivity contribution is 0.748. The van der Waals surface area contributed by atoms with Gasteiger partial charge >= 0.3 is 0 Å². The molecule has 0 heterocycles. The van der Waals surface area contributed by atoms with Crippen molar-refractivity contribution < 1.29 is 0 Å². The quantitative estimate of drug-likeness (QED) is 0.460. The minimum Gasteiger partial charge on any atom is -0.371 e. The van der Waals surface area contributed by atoms with Gasteiger partial charge in [-0.25, -0.2) is 0 Å². The van der Waals surface area contributed by atoms with Crippen molar-refractivity contribution in [3.63, 3.8) is 0 Å². The lowest BCUT2D eigenvalue weighted by Gasteiger charge is -2.15. The molecule has 44 valence electrons. The standard InChI is InChI=1S/C4H15NSi2/c1-4(2,3)7-5-6/h5H,7H2,1-3,6H3. The van der Waals surface area contributed by atoms with Crippen molar-refractivity contribution in [2.24, 2.45) is 0 Å². The summed E-state index contributed by atoms with van der Waals surface area (Å²) < 4.78 is 3.39. The SMILES string of the molecule is CC(C)(C)[SiH2]N[SiH3]. The summed E-state index contributed by atoms with van der Waals surface area (Å²) in [5.74, 6) is 0. The third kappa shape index (κ3) is 6.39. The molecule has 0 aliphatic rings. The van der Waals surface area contributed by atoms with E-state index in [1.807, 2.05) is 0 Å². The monoisotopic (exact) mass is 133 g/mol. The van der Waals surface area contributed by atoms with Gasteiger partial charge in [0.2, 0.25) is 0 Å². The van der Waals surface area contributed by atoms with E-state index in [0.29, 0.717) is 5.04 Å². The minimum absolute atomic E-state index is 0.0718. The predicted molar refractivity (Wildman–Crippen MR) is 41.3 cm³/mol. The lowest BCUT2D eigenvalue weighted by atomic mass is 10.3. The molecule has 0 amide bonds. The molecule has 0 aliphatic carbocycles. The molecule has 0 atom stereocenters. The maximum atomic E-state index is 3.39. The number of hydrogen-bond acceptors (Lipinski definition) is 1. The van der Waals surface area contributed by atoms with Gasteiger partial charge in [0.25, 0.3) is 0 Å². The molecule has 0 saturated carbocycles.